The Balaban J connectivity index is 2.79. The van der Waals surface area contributed by atoms with Crippen molar-refractivity contribution in [2.45, 2.75) is 37.9 Å². The minimum Gasteiger partial charge on any atom is -0.388 e. The first-order valence-electron chi connectivity index (χ1n) is 4.30. The molecular formula is C8H16O5. The van der Waals surface area contributed by atoms with Crippen molar-refractivity contribution < 1.29 is 25.2 Å². The summed E-state index contributed by atoms with van der Waals surface area (Å²) >= 11 is 0. The van der Waals surface area contributed by atoms with Crippen LogP contribution in [0.2, 0.25) is 0 Å². The van der Waals surface area contributed by atoms with Crippen molar-refractivity contribution >= 4 is 0 Å². The molecule has 1 aliphatic heterocycles. The molecule has 13 heavy (non-hydrogen) atoms. The van der Waals surface area contributed by atoms with Gasteiger partial charge in [-0.3, -0.25) is 0 Å². The summed E-state index contributed by atoms with van der Waals surface area (Å²) in [5.74, 6) is -2.12. The Kier molecular flexibility index (Phi) is 2.94. The molecule has 5 nitrogen and oxygen atoms in total. The standard InChI is InChI=1S/C8H16O5/c1-4(2)8(12)7(11)6(10)5(9)3-13-8/h4-7,9-12H,3H2,1-2H3/t5-,6+,7-,8-/m1/s1. The average molecular weight is 192 g/mol. The van der Waals surface area contributed by atoms with Crippen molar-refractivity contribution in [3.63, 3.8) is 0 Å². The van der Waals surface area contributed by atoms with Crippen LogP contribution in [0.3, 0.4) is 0 Å². The molecule has 0 spiro atoms. The van der Waals surface area contributed by atoms with Crippen molar-refractivity contribution in [3.8, 4) is 0 Å². The summed E-state index contributed by atoms with van der Waals surface area (Å²) in [4.78, 5) is 0. The van der Waals surface area contributed by atoms with Gasteiger partial charge in [-0.05, 0) is 0 Å². The summed E-state index contributed by atoms with van der Waals surface area (Å²) in [6.45, 7) is 3.15. The van der Waals surface area contributed by atoms with Gasteiger partial charge in [-0.1, -0.05) is 13.8 Å². The first-order valence-corrected chi connectivity index (χ1v) is 4.30. The highest BCUT2D eigenvalue weighted by atomic mass is 16.6. The summed E-state index contributed by atoms with van der Waals surface area (Å²) in [7, 11) is 0. The van der Waals surface area contributed by atoms with E-state index >= 15 is 0 Å². The zero-order chi connectivity index (χ0) is 10.2. The summed E-state index contributed by atoms with van der Waals surface area (Å²) < 4.78 is 4.92. The number of aliphatic hydroxyl groups excluding tert-OH is 3. The molecule has 1 fully saturated rings. The molecule has 0 aromatic rings. The van der Waals surface area contributed by atoms with Crippen molar-refractivity contribution in [3.05, 3.63) is 0 Å². The maximum atomic E-state index is 9.76. The maximum absolute atomic E-state index is 9.76. The van der Waals surface area contributed by atoms with Gasteiger partial charge in [0.15, 0.2) is 5.79 Å². The van der Waals surface area contributed by atoms with Gasteiger partial charge in [-0.15, -0.1) is 0 Å². The third-order valence-electron chi connectivity index (χ3n) is 2.45. The lowest BCUT2D eigenvalue weighted by Crippen LogP contribution is -2.63. The SMILES string of the molecule is CC(C)[C@@]1(O)OC[C@@H](O)[C@H](O)[C@H]1O. The normalized spacial score (nSPS) is 46.8. The second-order valence-electron chi connectivity index (χ2n) is 3.72. The van der Waals surface area contributed by atoms with E-state index in [1.54, 1.807) is 13.8 Å². The Bertz CT molecular complexity index is 183. The molecule has 0 unspecified atom stereocenters. The Hall–Kier alpha value is -0.200. The minimum absolute atomic E-state index is 0.174. The number of ether oxygens (including phenoxy) is 1. The quantitative estimate of drug-likeness (QED) is 0.403. The molecule has 78 valence electrons. The zero-order valence-electron chi connectivity index (χ0n) is 7.71. The molecule has 0 amide bonds. The van der Waals surface area contributed by atoms with Gasteiger partial charge in [-0.25, -0.2) is 0 Å². The molecular weight excluding hydrogens is 176 g/mol. The molecule has 1 heterocycles. The Labute approximate surface area is 76.6 Å². The number of hydrogen-bond donors (Lipinski definition) is 4. The van der Waals surface area contributed by atoms with Crippen molar-refractivity contribution in [1.82, 2.24) is 0 Å². The van der Waals surface area contributed by atoms with Crippen LogP contribution in [0.5, 0.6) is 0 Å². The van der Waals surface area contributed by atoms with Crippen LogP contribution < -0.4 is 0 Å². The average Bonchev–Trinajstić information content (AvgIpc) is 2.08. The Morgan fingerprint density at radius 3 is 2.31 bits per heavy atom. The maximum Gasteiger partial charge on any atom is 0.197 e. The van der Waals surface area contributed by atoms with Crippen molar-refractivity contribution in [1.29, 1.82) is 0 Å². The molecule has 4 N–H and O–H groups in total. The molecule has 1 aliphatic rings. The van der Waals surface area contributed by atoms with Crippen LogP contribution >= 0.6 is 0 Å². The van der Waals surface area contributed by atoms with Gasteiger partial charge >= 0.3 is 0 Å². The fourth-order valence-corrected chi connectivity index (χ4v) is 1.37. The molecule has 4 atom stereocenters. The zero-order valence-corrected chi connectivity index (χ0v) is 7.71. The van der Waals surface area contributed by atoms with E-state index in [2.05, 4.69) is 0 Å². The van der Waals surface area contributed by atoms with Crippen LogP contribution in [0.4, 0.5) is 0 Å². The molecule has 5 heteroatoms. The lowest BCUT2D eigenvalue weighted by atomic mass is 9.89. The van der Waals surface area contributed by atoms with Crippen LogP contribution in [0.1, 0.15) is 13.8 Å². The highest BCUT2D eigenvalue weighted by molar-refractivity contribution is 4.92. The van der Waals surface area contributed by atoms with Gasteiger partial charge < -0.3 is 25.2 Å². The number of hydrogen-bond acceptors (Lipinski definition) is 5. The monoisotopic (exact) mass is 192 g/mol. The van der Waals surface area contributed by atoms with Gasteiger partial charge in [0.05, 0.1) is 6.61 Å². The number of aliphatic hydroxyl groups is 4. The van der Waals surface area contributed by atoms with Gasteiger partial charge in [0, 0.05) is 5.92 Å². The Morgan fingerprint density at radius 2 is 1.85 bits per heavy atom. The smallest absolute Gasteiger partial charge is 0.197 e. The van der Waals surface area contributed by atoms with Gasteiger partial charge in [0.1, 0.15) is 18.3 Å². The predicted molar refractivity (Wildman–Crippen MR) is 43.8 cm³/mol. The highest BCUT2D eigenvalue weighted by Gasteiger charge is 2.50. The second kappa shape index (κ2) is 3.51. The van der Waals surface area contributed by atoms with Crippen LogP contribution in [-0.2, 0) is 4.74 Å². The van der Waals surface area contributed by atoms with E-state index < -0.39 is 24.1 Å². The summed E-state index contributed by atoms with van der Waals surface area (Å²) in [6.07, 6.45) is -3.98. The summed E-state index contributed by atoms with van der Waals surface area (Å²) in [6, 6.07) is 0. The van der Waals surface area contributed by atoms with E-state index in [4.69, 9.17) is 9.84 Å². The molecule has 1 saturated heterocycles. The van der Waals surface area contributed by atoms with Gasteiger partial charge in [-0.2, -0.15) is 0 Å². The van der Waals surface area contributed by atoms with E-state index in [0.29, 0.717) is 0 Å². The van der Waals surface area contributed by atoms with E-state index in [1.807, 2.05) is 0 Å². The van der Waals surface area contributed by atoms with Gasteiger partial charge in [0.2, 0.25) is 0 Å². The van der Waals surface area contributed by atoms with E-state index in [9.17, 15) is 15.3 Å². The van der Waals surface area contributed by atoms with E-state index in [-0.39, 0.29) is 12.5 Å². The molecule has 0 aromatic carbocycles. The first kappa shape index (κ1) is 10.9. The highest BCUT2D eigenvalue weighted by Crippen LogP contribution is 2.30. The number of rotatable bonds is 1. The van der Waals surface area contributed by atoms with Crippen LogP contribution in [0.15, 0.2) is 0 Å². The van der Waals surface area contributed by atoms with Crippen LogP contribution in [-0.4, -0.2) is 51.1 Å². The van der Waals surface area contributed by atoms with Gasteiger partial charge in [0.25, 0.3) is 0 Å². The fourth-order valence-electron chi connectivity index (χ4n) is 1.37. The summed E-state index contributed by atoms with van der Waals surface area (Å²) in [5.41, 5.74) is 0. The fraction of sp³-hybridized carbons (Fsp3) is 1.00. The van der Waals surface area contributed by atoms with Crippen LogP contribution in [0.25, 0.3) is 0 Å². The first-order chi connectivity index (χ1) is 5.89. The van der Waals surface area contributed by atoms with Crippen molar-refractivity contribution in [2.75, 3.05) is 6.61 Å². The third-order valence-corrected chi connectivity index (χ3v) is 2.45. The molecule has 0 radical (unpaired) electrons. The Morgan fingerprint density at radius 1 is 1.31 bits per heavy atom. The minimum atomic E-state index is -1.77. The lowest BCUT2D eigenvalue weighted by Gasteiger charge is -2.43. The third kappa shape index (κ3) is 1.70. The molecule has 0 saturated carbocycles. The van der Waals surface area contributed by atoms with Crippen LogP contribution in [0, 0.1) is 5.92 Å². The lowest BCUT2D eigenvalue weighted by molar-refractivity contribution is -0.338. The molecule has 1 rings (SSSR count). The molecule has 0 aromatic heterocycles. The predicted octanol–water partition coefficient (Wildman–Crippen LogP) is -1.56. The van der Waals surface area contributed by atoms with E-state index in [1.165, 1.54) is 0 Å². The van der Waals surface area contributed by atoms with E-state index in [0.717, 1.165) is 0 Å². The topological polar surface area (TPSA) is 90.2 Å². The van der Waals surface area contributed by atoms with Crippen molar-refractivity contribution in [2.24, 2.45) is 5.92 Å². The summed E-state index contributed by atoms with van der Waals surface area (Å²) in [5, 5.41) is 37.6. The molecule has 0 aliphatic carbocycles. The molecule has 0 bridgehead atoms. The largest absolute Gasteiger partial charge is 0.388 e. The second-order valence-corrected chi connectivity index (χ2v) is 3.72.